The summed E-state index contributed by atoms with van der Waals surface area (Å²) in [5, 5.41) is 0. The highest BCUT2D eigenvalue weighted by atomic mass is 16.5. The zero-order valence-corrected chi connectivity index (χ0v) is 14.0. The predicted molar refractivity (Wildman–Crippen MR) is 90.1 cm³/mol. The van der Waals surface area contributed by atoms with Gasteiger partial charge < -0.3 is 4.74 Å². The lowest BCUT2D eigenvalue weighted by molar-refractivity contribution is 0.137. The van der Waals surface area contributed by atoms with E-state index in [-0.39, 0.29) is 0 Å². The van der Waals surface area contributed by atoms with Crippen molar-refractivity contribution in [2.45, 2.75) is 64.8 Å². The second kappa shape index (κ2) is 8.43. The fourth-order valence-corrected chi connectivity index (χ4v) is 3.27. The number of rotatable bonds is 7. The first-order chi connectivity index (χ1) is 10.2. The van der Waals surface area contributed by atoms with Crippen molar-refractivity contribution in [2.24, 2.45) is 0 Å². The maximum absolute atomic E-state index is 5.92. The Labute approximate surface area is 130 Å². The van der Waals surface area contributed by atoms with E-state index < -0.39 is 0 Å². The molecule has 2 nitrogen and oxygen atoms in total. The third-order valence-electron chi connectivity index (χ3n) is 4.69. The van der Waals surface area contributed by atoms with Crippen molar-refractivity contribution in [1.29, 1.82) is 0 Å². The van der Waals surface area contributed by atoms with Gasteiger partial charge in [0.1, 0.15) is 12.4 Å². The highest BCUT2D eigenvalue weighted by Crippen LogP contribution is 2.22. The monoisotopic (exact) mass is 289 g/mol. The minimum Gasteiger partial charge on any atom is -0.492 e. The smallest absolute Gasteiger partial charge is 0.119 e. The van der Waals surface area contributed by atoms with Crippen molar-refractivity contribution in [2.75, 3.05) is 19.7 Å². The average Bonchev–Trinajstić information content (AvgIpc) is 2.53. The third kappa shape index (κ3) is 5.03. The molecule has 118 valence electrons. The van der Waals surface area contributed by atoms with Gasteiger partial charge in [-0.2, -0.15) is 0 Å². The molecule has 0 heterocycles. The topological polar surface area (TPSA) is 12.5 Å². The first-order valence-electron chi connectivity index (χ1n) is 8.67. The maximum atomic E-state index is 5.92. The van der Waals surface area contributed by atoms with Crippen molar-refractivity contribution in [3.8, 4) is 5.75 Å². The van der Waals surface area contributed by atoms with Gasteiger partial charge in [-0.05, 0) is 43.0 Å². The van der Waals surface area contributed by atoms with E-state index in [1.165, 1.54) is 37.7 Å². The van der Waals surface area contributed by atoms with Crippen LogP contribution in [0.5, 0.6) is 5.75 Å². The van der Waals surface area contributed by atoms with Crippen LogP contribution in [0.3, 0.4) is 0 Å². The molecular weight excluding hydrogens is 258 g/mol. The molecule has 0 aromatic heterocycles. The number of nitrogens with zero attached hydrogens (tertiary/aromatic N) is 1. The van der Waals surface area contributed by atoms with Crippen molar-refractivity contribution < 1.29 is 4.74 Å². The summed E-state index contributed by atoms with van der Waals surface area (Å²) in [6.07, 6.45) is 6.97. The van der Waals surface area contributed by atoms with Crippen LogP contribution in [-0.4, -0.2) is 30.6 Å². The number of likely N-dealkylation sites (N-methyl/N-ethyl adjacent to an activating group) is 1. The molecule has 0 radical (unpaired) electrons. The van der Waals surface area contributed by atoms with Gasteiger partial charge >= 0.3 is 0 Å². The lowest BCUT2D eigenvalue weighted by atomic mass is 9.94. The van der Waals surface area contributed by atoms with Gasteiger partial charge in [-0.3, -0.25) is 4.90 Å². The summed E-state index contributed by atoms with van der Waals surface area (Å²) >= 11 is 0. The number of hydrogen-bond acceptors (Lipinski definition) is 2. The Hall–Kier alpha value is -1.02. The Morgan fingerprint density at radius 2 is 1.76 bits per heavy atom. The summed E-state index contributed by atoms with van der Waals surface area (Å²) in [7, 11) is 0. The fraction of sp³-hybridized carbons (Fsp3) is 0.684. The molecule has 2 heteroatoms. The molecule has 0 N–H and O–H groups in total. The highest BCUT2D eigenvalue weighted by Gasteiger charge is 2.19. The van der Waals surface area contributed by atoms with Crippen LogP contribution < -0.4 is 4.74 Å². The van der Waals surface area contributed by atoms with Crippen molar-refractivity contribution in [3.63, 3.8) is 0 Å². The molecular formula is C19H31NO. The summed E-state index contributed by atoms with van der Waals surface area (Å²) in [5.41, 5.74) is 1.37. The molecule has 1 aromatic carbocycles. The molecule has 1 aliphatic carbocycles. The van der Waals surface area contributed by atoms with Gasteiger partial charge in [0.15, 0.2) is 0 Å². The molecule has 1 fully saturated rings. The average molecular weight is 289 g/mol. The summed E-state index contributed by atoms with van der Waals surface area (Å²) in [6, 6.07) is 9.35. The standard InChI is InChI=1S/C19H31NO/c1-4-20(18-8-6-5-7-9-18)14-15-21-19-12-10-17(11-13-19)16(2)3/h10-13,16,18H,4-9,14-15H2,1-3H3. The van der Waals surface area contributed by atoms with E-state index in [1.54, 1.807) is 0 Å². The van der Waals surface area contributed by atoms with E-state index >= 15 is 0 Å². The van der Waals surface area contributed by atoms with Crippen molar-refractivity contribution in [3.05, 3.63) is 29.8 Å². The predicted octanol–water partition coefficient (Wildman–Crippen LogP) is 4.84. The van der Waals surface area contributed by atoms with Crippen LogP contribution in [0, 0.1) is 0 Å². The minimum atomic E-state index is 0.584. The lowest BCUT2D eigenvalue weighted by Gasteiger charge is -2.33. The maximum Gasteiger partial charge on any atom is 0.119 e. The van der Waals surface area contributed by atoms with Crippen LogP contribution in [0.25, 0.3) is 0 Å². The first-order valence-corrected chi connectivity index (χ1v) is 8.67. The SMILES string of the molecule is CCN(CCOc1ccc(C(C)C)cc1)C1CCCCC1. The number of hydrogen-bond donors (Lipinski definition) is 0. The van der Waals surface area contributed by atoms with Crippen molar-refractivity contribution >= 4 is 0 Å². The Kier molecular flexibility index (Phi) is 6.56. The first kappa shape index (κ1) is 16.4. The number of benzene rings is 1. The van der Waals surface area contributed by atoms with Crippen LogP contribution in [0.15, 0.2) is 24.3 Å². The Balaban J connectivity index is 1.76. The molecule has 0 bridgehead atoms. The summed E-state index contributed by atoms with van der Waals surface area (Å²) < 4.78 is 5.92. The summed E-state index contributed by atoms with van der Waals surface area (Å²) in [6.45, 7) is 9.70. The largest absolute Gasteiger partial charge is 0.492 e. The Bertz CT molecular complexity index is 393. The van der Waals surface area contributed by atoms with Crippen LogP contribution in [-0.2, 0) is 0 Å². The molecule has 2 rings (SSSR count). The van der Waals surface area contributed by atoms with E-state index in [2.05, 4.69) is 49.9 Å². The van der Waals surface area contributed by atoms with E-state index in [9.17, 15) is 0 Å². The Morgan fingerprint density at radius 1 is 1.10 bits per heavy atom. The zero-order chi connectivity index (χ0) is 15.1. The summed E-state index contributed by atoms with van der Waals surface area (Å²) in [5.74, 6) is 1.58. The molecule has 0 aliphatic heterocycles. The molecule has 21 heavy (non-hydrogen) atoms. The molecule has 0 amide bonds. The minimum absolute atomic E-state index is 0.584. The molecule has 1 aromatic rings. The van der Waals surface area contributed by atoms with E-state index in [0.717, 1.165) is 31.5 Å². The van der Waals surface area contributed by atoms with Crippen LogP contribution in [0.4, 0.5) is 0 Å². The zero-order valence-electron chi connectivity index (χ0n) is 14.0. The molecule has 0 unspecified atom stereocenters. The molecule has 0 atom stereocenters. The van der Waals surface area contributed by atoms with Gasteiger partial charge in [-0.25, -0.2) is 0 Å². The molecule has 0 spiro atoms. The second-order valence-electron chi connectivity index (χ2n) is 6.49. The van der Waals surface area contributed by atoms with Gasteiger partial charge in [0.25, 0.3) is 0 Å². The summed E-state index contributed by atoms with van der Waals surface area (Å²) in [4.78, 5) is 2.60. The molecule has 0 saturated heterocycles. The molecule has 1 saturated carbocycles. The normalized spacial score (nSPS) is 16.6. The highest BCUT2D eigenvalue weighted by molar-refractivity contribution is 5.28. The van der Waals surface area contributed by atoms with Crippen LogP contribution in [0.2, 0.25) is 0 Å². The van der Waals surface area contributed by atoms with E-state index in [1.807, 2.05) is 0 Å². The van der Waals surface area contributed by atoms with Crippen molar-refractivity contribution in [1.82, 2.24) is 4.90 Å². The second-order valence-corrected chi connectivity index (χ2v) is 6.49. The van der Waals surface area contributed by atoms with E-state index in [4.69, 9.17) is 4.74 Å². The van der Waals surface area contributed by atoms with Gasteiger partial charge in [-0.1, -0.05) is 52.2 Å². The van der Waals surface area contributed by atoms with Gasteiger partial charge in [0.2, 0.25) is 0 Å². The lowest BCUT2D eigenvalue weighted by Crippen LogP contribution is -2.39. The van der Waals surface area contributed by atoms with Crippen LogP contribution in [0.1, 0.15) is 64.4 Å². The van der Waals surface area contributed by atoms with Gasteiger partial charge in [-0.15, -0.1) is 0 Å². The number of ether oxygens (including phenoxy) is 1. The quantitative estimate of drug-likeness (QED) is 0.712. The van der Waals surface area contributed by atoms with Gasteiger partial charge in [0.05, 0.1) is 0 Å². The van der Waals surface area contributed by atoms with Crippen LogP contribution >= 0.6 is 0 Å². The van der Waals surface area contributed by atoms with E-state index in [0.29, 0.717) is 5.92 Å². The molecule has 1 aliphatic rings. The Morgan fingerprint density at radius 3 is 2.33 bits per heavy atom. The third-order valence-corrected chi connectivity index (χ3v) is 4.69. The fourth-order valence-electron chi connectivity index (χ4n) is 3.27. The van der Waals surface area contributed by atoms with Gasteiger partial charge in [0, 0.05) is 12.6 Å².